The van der Waals surface area contributed by atoms with Crippen LogP contribution in [0.2, 0.25) is 17.3 Å². The van der Waals surface area contributed by atoms with E-state index in [-0.39, 0.29) is 31.9 Å². The van der Waals surface area contributed by atoms with Gasteiger partial charge in [-0.3, -0.25) is 4.98 Å². The fourth-order valence-electron chi connectivity index (χ4n) is 8.48. The topological polar surface area (TPSA) is 69.6 Å². The minimum Gasteiger partial charge on any atom is 0 e. The predicted molar refractivity (Wildman–Crippen MR) is 265 cm³/mol. The van der Waals surface area contributed by atoms with E-state index in [1.807, 2.05) is 92.8 Å². The van der Waals surface area contributed by atoms with E-state index in [9.17, 15) is 0 Å². The maximum atomic E-state index is 8.44. The van der Waals surface area contributed by atoms with Crippen molar-refractivity contribution in [2.45, 2.75) is 76.5 Å². The van der Waals surface area contributed by atoms with E-state index in [0.29, 0.717) is 5.65 Å². The van der Waals surface area contributed by atoms with Gasteiger partial charge in [0.1, 0.15) is 5.58 Å². The predicted octanol–water partition coefficient (Wildman–Crippen LogP) is 14.5. The summed E-state index contributed by atoms with van der Waals surface area (Å²) < 4.78 is 18.5. The van der Waals surface area contributed by atoms with E-state index in [0.717, 1.165) is 72.5 Å². The Balaban J connectivity index is 0.000000232. The maximum absolute atomic E-state index is 8.44. The number of hydrogen-bond acceptors (Lipinski definition) is 5. The van der Waals surface area contributed by atoms with Gasteiger partial charge in [-0.1, -0.05) is 99.3 Å². The van der Waals surface area contributed by atoms with Gasteiger partial charge in [0.2, 0.25) is 0 Å². The summed E-state index contributed by atoms with van der Waals surface area (Å²) >= 11 is -2.03. The second-order valence-corrected chi connectivity index (χ2v) is 28.7. The smallest absolute Gasteiger partial charge is 0 e. The van der Waals surface area contributed by atoms with E-state index >= 15 is 0 Å². The summed E-state index contributed by atoms with van der Waals surface area (Å²) in [5.74, 6) is 7.63. The second-order valence-electron chi connectivity index (χ2n) is 18.1. The van der Waals surface area contributed by atoms with Crippen LogP contribution in [0.4, 0.5) is 0 Å². The van der Waals surface area contributed by atoms with Crippen molar-refractivity contribution in [1.29, 1.82) is 0 Å². The number of para-hydroxylation sites is 3. The Kier molecular flexibility index (Phi) is 12.5. The monoisotopic (exact) mass is 1080 g/mol. The summed E-state index contributed by atoms with van der Waals surface area (Å²) in [6.07, 6.45) is 2.00. The fourth-order valence-corrected chi connectivity index (χ4v) is 11.8. The molecule has 0 spiro atoms. The molecule has 10 rings (SSSR count). The Morgan fingerprint density at radius 2 is 1.30 bits per heavy atom. The first-order chi connectivity index (χ1) is 30.7. The van der Waals surface area contributed by atoms with E-state index in [2.05, 4.69) is 127 Å². The Hall–Kier alpha value is -5.73. The first-order valence-electron chi connectivity index (χ1n) is 22.4. The molecule has 0 atom stereocenters. The molecule has 8 heteroatoms. The average Bonchev–Trinajstić information content (AvgIpc) is 3.86. The van der Waals surface area contributed by atoms with Crippen LogP contribution in [-0.2, 0) is 20.1 Å². The van der Waals surface area contributed by atoms with Crippen LogP contribution in [0.15, 0.2) is 144 Å². The Labute approximate surface area is 394 Å². The van der Waals surface area contributed by atoms with Gasteiger partial charge in [-0.2, -0.15) is 0 Å². The number of imidazole rings is 1. The quantitative estimate of drug-likeness (QED) is 0.112. The van der Waals surface area contributed by atoms with Crippen LogP contribution in [0.25, 0.3) is 83.7 Å². The summed E-state index contributed by atoms with van der Waals surface area (Å²) in [6, 6.07) is 52.1. The van der Waals surface area contributed by atoms with Gasteiger partial charge >= 0.3 is 120 Å². The molecule has 6 aromatic carbocycles. The molecular formula is C56H53GeIrN5O-2. The molecule has 0 saturated heterocycles. The third-order valence-corrected chi connectivity index (χ3v) is 15.9. The molecule has 0 aliphatic rings. The molecule has 0 saturated carbocycles. The number of rotatable bonds is 8. The molecule has 4 heterocycles. The van der Waals surface area contributed by atoms with Crippen molar-refractivity contribution in [1.82, 2.24) is 24.5 Å². The van der Waals surface area contributed by atoms with Crippen molar-refractivity contribution >= 4 is 61.9 Å². The molecule has 0 aliphatic carbocycles. The molecule has 323 valence electrons. The number of pyridine rings is 1. The number of benzene rings is 6. The standard InChI is InChI=1S/C39H31N4O.C17H22GeN.Ir/c1-23(2)30-21-26(25-13-6-5-7-14-25)22-31(24(3)4)35(30)43-38(42-37-39(43)41-33-19-10-9-18-32(33)40-37)29-17-12-16-28-27-15-8-11-20-34(27)44-36(28)29;1-13(2)15-11-17(14-9-7-6-8-10-14)19-12-16(15)18(3,4)5;/h5-16,18-24H,1-4H3;6-9,11-13H,1-5H3;/q2*-1;/i;13D;. The van der Waals surface area contributed by atoms with Gasteiger partial charge in [0.15, 0.2) is 11.3 Å². The number of hydrogen-bond donors (Lipinski definition) is 0. The van der Waals surface area contributed by atoms with Gasteiger partial charge < -0.3 is 8.98 Å². The van der Waals surface area contributed by atoms with Crippen molar-refractivity contribution in [2.24, 2.45) is 0 Å². The molecule has 4 aromatic heterocycles. The molecule has 0 N–H and O–H groups in total. The van der Waals surface area contributed by atoms with Crippen LogP contribution in [0, 0.1) is 12.1 Å². The zero-order chi connectivity index (χ0) is 44.9. The van der Waals surface area contributed by atoms with E-state index in [4.69, 9.17) is 20.7 Å². The molecule has 0 fully saturated rings. The summed E-state index contributed by atoms with van der Waals surface area (Å²) in [5, 5.41) is 2.10. The van der Waals surface area contributed by atoms with E-state index < -0.39 is 19.2 Å². The minimum absolute atomic E-state index is 0. The molecule has 6 nitrogen and oxygen atoms in total. The first-order valence-corrected chi connectivity index (χ1v) is 29.2. The SMILES string of the molecule is CC(C)c1cc(-c2ccccc2)cc(C(C)C)c1-n1c(-c2[c-]ccc3c2oc2ccccc23)nc2nc3ccccc3nc21.[2H]C(C)(C)c1cc(-c2[c-]cccc2)nc[c]1[Ge]([CH3])([CH3])[CH3].[Ir]. The van der Waals surface area contributed by atoms with Crippen LogP contribution in [-0.4, -0.2) is 37.8 Å². The molecule has 64 heavy (non-hydrogen) atoms. The molecule has 0 amide bonds. The molecule has 0 bridgehead atoms. The summed E-state index contributed by atoms with van der Waals surface area (Å²) in [5.41, 5.74) is 14.3. The van der Waals surface area contributed by atoms with Crippen LogP contribution in [0.5, 0.6) is 0 Å². The van der Waals surface area contributed by atoms with Gasteiger partial charge in [0.25, 0.3) is 0 Å². The summed E-state index contributed by atoms with van der Waals surface area (Å²) in [6.45, 7) is 12.9. The van der Waals surface area contributed by atoms with Gasteiger partial charge in [-0.25, -0.2) is 9.97 Å². The van der Waals surface area contributed by atoms with Crippen molar-refractivity contribution < 1.29 is 25.9 Å². The number of aromatic nitrogens is 5. The van der Waals surface area contributed by atoms with Crippen molar-refractivity contribution in [3.05, 3.63) is 168 Å². The molecule has 10 aromatic rings. The van der Waals surface area contributed by atoms with Crippen LogP contribution < -0.4 is 4.40 Å². The first kappa shape index (κ1) is 43.5. The van der Waals surface area contributed by atoms with Gasteiger partial charge in [0, 0.05) is 31.2 Å². The zero-order valence-corrected chi connectivity index (χ0v) is 42.4. The third-order valence-electron chi connectivity index (χ3n) is 11.7. The minimum atomic E-state index is -2.03. The summed E-state index contributed by atoms with van der Waals surface area (Å²) in [4.78, 5) is 20.0. The van der Waals surface area contributed by atoms with Crippen molar-refractivity contribution in [3.63, 3.8) is 0 Å². The van der Waals surface area contributed by atoms with Crippen LogP contribution in [0.3, 0.4) is 0 Å². The molecule has 0 unspecified atom stereocenters. The third kappa shape index (κ3) is 8.61. The Morgan fingerprint density at radius 1 is 0.641 bits per heavy atom. The van der Waals surface area contributed by atoms with Gasteiger partial charge in [-0.15, -0.1) is 18.2 Å². The normalized spacial score (nSPS) is 12.2. The Morgan fingerprint density at radius 3 is 1.95 bits per heavy atom. The number of nitrogens with zero attached hydrogens (tertiary/aromatic N) is 5. The van der Waals surface area contributed by atoms with Gasteiger partial charge in [-0.05, 0) is 64.4 Å². The fraction of sp³-hybridized carbons (Fsp3) is 0.214. The second kappa shape index (κ2) is 18.4. The van der Waals surface area contributed by atoms with Crippen molar-refractivity contribution in [2.75, 3.05) is 0 Å². The van der Waals surface area contributed by atoms with Gasteiger partial charge in [0.05, 0.1) is 22.4 Å². The van der Waals surface area contributed by atoms with Crippen molar-refractivity contribution in [3.8, 4) is 39.5 Å². The maximum Gasteiger partial charge on any atom is 0 e. The molecule has 0 aliphatic heterocycles. The summed E-state index contributed by atoms with van der Waals surface area (Å²) in [7, 11) is 0. The average molecular weight is 1080 g/mol. The molecular weight excluding hydrogens is 1020 g/mol. The van der Waals surface area contributed by atoms with E-state index in [1.54, 1.807) is 0 Å². The van der Waals surface area contributed by atoms with E-state index in [1.165, 1.54) is 26.6 Å². The Bertz CT molecular complexity index is 3280. The van der Waals surface area contributed by atoms with Crippen LogP contribution in [0.1, 0.15) is 77.3 Å². The molecule has 1 radical (unpaired) electrons. The number of furan rings is 1. The number of fused-ring (bicyclic) bond motifs is 5. The zero-order valence-electron chi connectivity index (χ0n) is 38.9. The van der Waals surface area contributed by atoms with Crippen LogP contribution >= 0.6 is 0 Å². The largest absolute Gasteiger partial charge is 0 e.